The number of rotatable bonds is 4. The van der Waals surface area contributed by atoms with Crippen molar-refractivity contribution < 1.29 is 4.48 Å². The molecule has 0 radical (unpaired) electrons. The summed E-state index contributed by atoms with van der Waals surface area (Å²) in [7, 11) is 4.46. The van der Waals surface area contributed by atoms with Gasteiger partial charge in [-0.25, -0.2) is 0 Å². The Labute approximate surface area is 103 Å². The fourth-order valence-electron chi connectivity index (χ4n) is 2.23. The number of hydrogen-bond donors (Lipinski definition) is 1. The number of quaternary nitrogens is 1. The lowest BCUT2D eigenvalue weighted by Gasteiger charge is -2.24. The summed E-state index contributed by atoms with van der Waals surface area (Å²) in [6.45, 7) is 3.19. The Kier molecular flexibility index (Phi) is 3.34. The highest BCUT2D eigenvalue weighted by atomic mass is 15.3. The molecule has 0 aliphatic rings. The number of fused-ring (bicyclic) bond motifs is 1. The van der Waals surface area contributed by atoms with Crippen molar-refractivity contribution in [3.05, 3.63) is 48.3 Å². The van der Waals surface area contributed by atoms with Gasteiger partial charge >= 0.3 is 0 Å². The SMILES string of the molecule is C/C=C/[N+](C)(C)CCc1c[nH]c2ccccc12. The third-order valence-corrected chi connectivity index (χ3v) is 3.18. The minimum atomic E-state index is 0.927. The van der Waals surface area contributed by atoms with Gasteiger partial charge in [-0.2, -0.15) is 0 Å². The van der Waals surface area contributed by atoms with Gasteiger partial charge in [0.1, 0.15) is 0 Å². The molecule has 1 aromatic heterocycles. The Morgan fingerprint density at radius 1 is 1.24 bits per heavy atom. The fraction of sp³-hybridized carbons (Fsp3) is 0.333. The van der Waals surface area contributed by atoms with Crippen molar-refractivity contribution in [2.45, 2.75) is 13.3 Å². The minimum absolute atomic E-state index is 0.927. The van der Waals surface area contributed by atoms with E-state index in [-0.39, 0.29) is 0 Å². The molecule has 2 heteroatoms. The minimum Gasteiger partial charge on any atom is -0.361 e. The van der Waals surface area contributed by atoms with Crippen molar-refractivity contribution >= 4 is 10.9 Å². The van der Waals surface area contributed by atoms with E-state index in [1.807, 2.05) is 0 Å². The summed E-state index contributed by atoms with van der Waals surface area (Å²) in [6, 6.07) is 8.50. The molecule has 2 aromatic rings. The molecule has 0 saturated carbocycles. The van der Waals surface area contributed by atoms with Crippen LogP contribution in [0.4, 0.5) is 0 Å². The van der Waals surface area contributed by atoms with Crippen LogP contribution in [0, 0.1) is 0 Å². The van der Waals surface area contributed by atoms with Crippen LogP contribution in [-0.2, 0) is 6.42 Å². The van der Waals surface area contributed by atoms with E-state index in [0.717, 1.165) is 17.4 Å². The van der Waals surface area contributed by atoms with Crippen LogP contribution in [0.2, 0.25) is 0 Å². The van der Waals surface area contributed by atoms with Gasteiger partial charge in [-0.1, -0.05) is 18.2 Å². The molecule has 0 saturated heterocycles. The summed E-state index contributed by atoms with van der Waals surface area (Å²) in [5.41, 5.74) is 2.65. The van der Waals surface area contributed by atoms with Gasteiger partial charge in [0.2, 0.25) is 0 Å². The van der Waals surface area contributed by atoms with Crippen molar-refractivity contribution in [1.29, 1.82) is 0 Å². The average Bonchev–Trinajstić information content (AvgIpc) is 2.70. The van der Waals surface area contributed by atoms with Crippen LogP contribution in [0.5, 0.6) is 0 Å². The van der Waals surface area contributed by atoms with Gasteiger partial charge in [0, 0.05) is 23.5 Å². The molecule has 0 bridgehead atoms. The second-order valence-corrected chi connectivity index (χ2v) is 5.09. The second-order valence-electron chi connectivity index (χ2n) is 5.09. The quantitative estimate of drug-likeness (QED) is 0.774. The standard InChI is InChI=1S/C15H21N2/c1-4-10-17(2,3)11-9-13-12-16-15-8-6-5-7-14(13)15/h4-8,10,12,16H,9,11H2,1-3H3/q+1/b10-4+. The summed E-state index contributed by atoms with van der Waals surface area (Å²) in [6.07, 6.45) is 7.59. The van der Waals surface area contributed by atoms with E-state index >= 15 is 0 Å². The first-order valence-corrected chi connectivity index (χ1v) is 6.14. The lowest BCUT2D eigenvalue weighted by molar-refractivity contribution is -0.838. The van der Waals surface area contributed by atoms with Gasteiger partial charge < -0.3 is 9.47 Å². The number of hydrogen-bond acceptors (Lipinski definition) is 0. The van der Waals surface area contributed by atoms with E-state index in [2.05, 4.69) is 68.7 Å². The molecule has 0 aliphatic heterocycles. The zero-order chi connectivity index (χ0) is 12.3. The van der Waals surface area contributed by atoms with Gasteiger partial charge in [-0.05, 0) is 24.6 Å². The van der Waals surface area contributed by atoms with Crippen LogP contribution in [0.3, 0.4) is 0 Å². The first kappa shape index (κ1) is 11.9. The maximum atomic E-state index is 3.33. The predicted octanol–water partition coefficient (Wildman–Crippen LogP) is 3.32. The fourth-order valence-corrected chi connectivity index (χ4v) is 2.23. The Morgan fingerprint density at radius 3 is 2.76 bits per heavy atom. The van der Waals surface area contributed by atoms with Crippen LogP contribution < -0.4 is 0 Å². The number of benzene rings is 1. The number of allylic oxidation sites excluding steroid dienone is 1. The van der Waals surface area contributed by atoms with Gasteiger partial charge in [0.05, 0.1) is 26.8 Å². The zero-order valence-electron chi connectivity index (χ0n) is 10.9. The van der Waals surface area contributed by atoms with Gasteiger partial charge in [0.25, 0.3) is 0 Å². The molecule has 2 nitrogen and oxygen atoms in total. The maximum absolute atomic E-state index is 3.33. The van der Waals surface area contributed by atoms with E-state index in [1.54, 1.807) is 0 Å². The number of para-hydroxylation sites is 1. The summed E-state index contributed by atoms with van der Waals surface area (Å²) in [5.74, 6) is 0. The maximum Gasteiger partial charge on any atom is 0.0911 e. The molecular weight excluding hydrogens is 208 g/mol. The normalized spacial score (nSPS) is 12.6. The highest BCUT2D eigenvalue weighted by Gasteiger charge is 2.12. The second kappa shape index (κ2) is 4.76. The Balaban J connectivity index is 2.14. The van der Waals surface area contributed by atoms with Crippen molar-refractivity contribution in [3.8, 4) is 0 Å². The number of aromatic nitrogens is 1. The summed E-state index contributed by atoms with van der Waals surface area (Å²) >= 11 is 0. The molecule has 0 atom stereocenters. The molecular formula is C15H21N2+. The highest BCUT2D eigenvalue weighted by molar-refractivity contribution is 5.82. The monoisotopic (exact) mass is 229 g/mol. The lowest BCUT2D eigenvalue weighted by Crippen LogP contribution is -2.35. The molecule has 2 rings (SSSR count). The molecule has 0 fully saturated rings. The number of likely N-dealkylation sites (N-methyl/N-ethyl adjacent to an activating group) is 1. The van der Waals surface area contributed by atoms with Crippen LogP contribution in [0.25, 0.3) is 10.9 Å². The number of nitrogens with zero attached hydrogens (tertiary/aromatic N) is 1. The van der Waals surface area contributed by atoms with Crippen molar-refractivity contribution in [2.24, 2.45) is 0 Å². The van der Waals surface area contributed by atoms with Crippen LogP contribution in [0.1, 0.15) is 12.5 Å². The first-order valence-electron chi connectivity index (χ1n) is 6.14. The summed E-state index contributed by atoms with van der Waals surface area (Å²) < 4.78 is 0.927. The van der Waals surface area contributed by atoms with Crippen molar-refractivity contribution in [3.63, 3.8) is 0 Å². The lowest BCUT2D eigenvalue weighted by atomic mass is 10.1. The van der Waals surface area contributed by atoms with E-state index in [9.17, 15) is 0 Å². The van der Waals surface area contributed by atoms with E-state index in [4.69, 9.17) is 0 Å². The predicted molar refractivity (Wildman–Crippen MR) is 73.8 cm³/mol. The molecule has 17 heavy (non-hydrogen) atoms. The Bertz CT molecular complexity index is 520. The van der Waals surface area contributed by atoms with E-state index in [0.29, 0.717) is 0 Å². The van der Waals surface area contributed by atoms with E-state index in [1.165, 1.54) is 16.5 Å². The summed E-state index contributed by atoms with van der Waals surface area (Å²) in [4.78, 5) is 3.33. The molecule has 0 amide bonds. The number of nitrogens with one attached hydrogen (secondary N) is 1. The Morgan fingerprint density at radius 2 is 2.00 bits per heavy atom. The largest absolute Gasteiger partial charge is 0.361 e. The van der Waals surface area contributed by atoms with Crippen LogP contribution in [0.15, 0.2) is 42.7 Å². The molecule has 90 valence electrons. The van der Waals surface area contributed by atoms with E-state index < -0.39 is 0 Å². The number of H-pyrrole nitrogens is 1. The molecule has 1 heterocycles. The molecule has 1 N–H and O–H groups in total. The first-order chi connectivity index (χ1) is 8.12. The van der Waals surface area contributed by atoms with Crippen LogP contribution in [-0.4, -0.2) is 30.1 Å². The topological polar surface area (TPSA) is 15.8 Å². The summed E-state index contributed by atoms with van der Waals surface area (Å²) in [5, 5.41) is 1.35. The Hall–Kier alpha value is -1.54. The van der Waals surface area contributed by atoms with Gasteiger partial charge in [-0.15, -0.1) is 0 Å². The molecule has 0 unspecified atom stereocenters. The highest BCUT2D eigenvalue weighted by Crippen LogP contribution is 2.18. The van der Waals surface area contributed by atoms with Gasteiger partial charge in [-0.3, -0.25) is 0 Å². The third-order valence-electron chi connectivity index (χ3n) is 3.18. The molecule has 0 spiro atoms. The number of aromatic amines is 1. The average molecular weight is 229 g/mol. The zero-order valence-corrected chi connectivity index (χ0v) is 10.9. The smallest absolute Gasteiger partial charge is 0.0911 e. The van der Waals surface area contributed by atoms with Crippen molar-refractivity contribution in [2.75, 3.05) is 20.6 Å². The molecule has 0 aliphatic carbocycles. The third kappa shape index (κ3) is 2.77. The van der Waals surface area contributed by atoms with Gasteiger partial charge in [0.15, 0.2) is 0 Å². The molecule has 1 aromatic carbocycles. The van der Waals surface area contributed by atoms with Crippen molar-refractivity contribution in [1.82, 2.24) is 4.98 Å². The van der Waals surface area contributed by atoms with Crippen LogP contribution >= 0.6 is 0 Å².